The third kappa shape index (κ3) is 3.58. The summed E-state index contributed by atoms with van der Waals surface area (Å²) in [5.74, 6) is 0. The largest absolute Gasteiger partial charge is 0.385 e. The molecule has 0 spiro atoms. The minimum atomic E-state index is -0.352. The Kier molecular flexibility index (Phi) is 4.18. The number of aromatic nitrogens is 2. The van der Waals surface area contributed by atoms with Crippen LogP contribution in [0.25, 0.3) is 0 Å². The average molecular weight is 259 g/mol. The summed E-state index contributed by atoms with van der Waals surface area (Å²) in [6.07, 6.45) is 2.41. The van der Waals surface area contributed by atoms with Crippen LogP contribution in [0.3, 0.4) is 0 Å². The summed E-state index contributed by atoms with van der Waals surface area (Å²) in [4.78, 5) is 25.1. The lowest BCUT2D eigenvalue weighted by Crippen LogP contribution is -2.31. The van der Waals surface area contributed by atoms with E-state index in [9.17, 15) is 9.59 Å². The minimum Gasteiger partial charge on any atom is -0.385 e. The maximum Gasteiger partial charge on any atom is 0.328 e. The quantitative estimate of drug-likeness (QED) is 0.796. The van der Waals surface area contributed by atoms with Crippen LogP contribution < -0.4 is 16.6 Å². The van der Waals surface area contributed by atoms with Gasteiger partial charge >= 0.3 is 5.69 Å². The van der Waals surface area contributed by atoms with Gasteiger partial charge < -0.3 is 9.88 Å². The van der Waals surface area contributed by atoms with E-state index < -0.39 is 0 Å². The lowest BCUT2D eigenvalue weighted by Gasteiger charge is -2.08. The fraction of sp³-hybridized carbons (Fsp3) is 0.286. The summed E-state index contributed by atoms with van der Waals surface area (Å²) < 4.78 is 1.53. The summed E-state index contributed by atoms with van der Waals surface area (Å²) in [7, 11) is 0. The van der Waals surface area contributed by atoms with Gasteiger partial charge in [-0.25, -0.2) is 4.79 Å². The van der Waals surface area contributed by atoms with Crippen LogP contribution in [0.4, 0.5) is 5.69 Å². The van der Waals surface area contributed by atoms with Crippen LogP contribution in [-0.4, -0.2) is 16.1 Å². The molecule has 2 rings (SSSR count). The Hall–Kier alpha value is -2.30. The molecule has 1 aromatic heterocycles. The zero-order chi connectivity index (χ0) is 13.7. The highest BCUT2D eigenvalue weighted by molar-refractivity contribution is 5.42. The molecular formula is C14H17N3O2. The highest BCUT2D eigenvalue weighted by atomic mass is 16.2. The number of H-pyrrole nitrogens is 1. The van der Waals surface area contributed by atoms with E-state index >= 15 is 0 Å². The fourth-order valence-corrected chi connectivity index (χ4v) is 1.82. The molecule has 0 saturated carbocycles. The van der Waals surface area contributed by atoms with Crippen molar-refractivity contribution >= 4 is 5.69 Å². The van der Waals surface area contributed by atoms with Crippen molar-refractivity contribution in [3.05, 3.63) is 62.9 Å². The number of benzene rings is 1. The SMILES string of the molecule is Cc1cn(CCCNc2ccccc2)c(=O)[nH]c1=O. The Balaban J connectivity index is 1.88. The van der Waals surface area contributed by atoms with Crippen molar-refractivity contribution in [2.45, 2.75) is 19.9 Å². The highest BCUT2D eigenvalue weighted by Crippen LogP contribution is 2.04. The third-order valence-electron chi connectivity index (χ3n) is 2.87. The van der Waals surface area contributed by atoms with E-state index in [1.165, 1.54) is 4.57 Å². The van der Waals surface area contributed by atoms with Gasteiger partial charge in [0.2, 0.25) is 0 Å². The first kappa shape index (κ1) is 13.1. The number of anilines is 1. The van der Waals surface area contributed by atoms with Crippen molar-refractivity contribution in [1.82, 2.24) is 9.55 Å². The molecular weight excluding hydrogens is 242 g/mol. The van der Waals surface area contributed by atoms with Crippen molar-refractivity contribution in [3.8, 4) is 0 Å². The molecule has 0 saturated heterocycles. The molecule has 2 N–H and O–H groups in total. The van der Waals surface area contributed by atoms with Gasteiger partial charge in [0.05, 0.1) is 0 Å². The second kappa shape index (κ2) is 6.04. The Morgan fingerprint density at radius 3 is 2.68 bits per heavy atom. The van der Waals surface area contributed by atoms with Crippen LogP contribution in [0.15, 0.2) is 46.1 Å². The van der Waals surface area contributed by atoms with Crippen molar-refractivity contribution in [2.75, 3.05) is 11.9 Å². The molecule has 0 unspecified atom stereocenters. The normalized spacial score (nSPS) is 10.4. The van der Waals surface area contributed by atoms with Crippen molar-refractivity contribution in [1.29, 1.82) is 0 Å². The van der Waals surface area contributed by atoms with Crippen LogP contribution in [0.5, 0.6) is 0 Å². The van der Waals surface area contributed by atoms with E-state index in [1.807, 2.05) is 30.3 Å². The summed E-state index contributed by atoms with van der Waals surface area (Å²) in [6.45, 7) is 3.04. The summed E-state index contributed by atoms with van der Waals surface area (Å²) in [6, 6.07) is 9.90. The molecule has 2 aromatic rings. The van der Waals surface area contributed by atoms with E-state index in [2.05, 4.69) is 10.3 Å². The molecule has 1 heterocycles. The van der Waals surface area contributed by atoms with E-state index in [4.69, 9.17) is 0 Å². The van der Waals surface area contributed by atoms with Crippen LogP contribution in [0.1, 0.15) is 12.0 Å². The van der Waals surface area contributed by atoms with E-state index in [0.29, 0.717) is 12.1 Å². The highest BCUT2D eigenvalue weighted by Gasteiger charge is 2.00. The zero-order valence-electron chi connectivity index (χ0n) is 10.8. The van der Waals surface area contributed by atoms with Gasteiger partial charge in [0.15, 0.2) is 0 Å². The standard InChI is InChI=1S/C14H17N3O2/c1-11-10-17(14(19)16-13(11)18)9-5-8-15-12-6-3-2-4-7-12/h2-4,6-7,10,15H,5,8-9H2,1H3,(H,16,18,19). The van der Waals surface area contributed by atoms with E-state index in [1.54, 1.807) is 13.1 Å². The van der Waals surface area contributed by atoms with Crippen molar-refractivity contribution in [2.24, 2.45) is 0 Å². The zero-order valence-corrected chi connectivity index (χ0v) is 10.8. The predicted molar refractivity (Wildman–Crippen MR) is 75.6 cm³/mol. The number of nitrogens with one attached hydrogen (secondary N) is 2. The van der Waals surface area contributed by atoms with E-state index in [0.717, 1.165) is 18.7 Å². The number of aromatic amines is 1. The molecule has 1 aromatic carbocycles. The molecule has 5 nitrogen and oxygen atoms in total. The average Bonchev–Trinajstić information content (AvgIpc) is 2.41. The van der Waals surface area contributed by atoms with Crippen LogP contribution in [0, 0.1) is 6.92 Å². The topological polar surface area (TPSA) is 66.9 Å². The number of hydrogen-bond acceptors (Lipinski definition) is 3. The Labute approximate surface area is 110 Å². The smallest absolute Gasteiger partial charge is 0.328 e. The van der Waals surface area contributed by atoms with Gasteiger partial charge in [-0.15, -0.1) is 0 Å². The third-order valence-corrected chi connectivity index (χ3v) is 2.87. The molecule has 0 radical (unpaired) electrons. The van der Waals surface area contributed by atoms with Crippen LogP contribution in [-0.2, 0) is 6.54 Å². The van der Waals surface area contributed by atoms with Gasteiger partial charge in [-0.2, -0.15) is 0 Å². The first-order chi connectivity index (χ1) is 9.16. The number of aryl methyl sites for hydroxylation is 2. The lowest BCUT2D eigenvalue weighted by molar-refractivity contribution is 0.616. The van der Waals surface area contributed by atoms with E-state index in [-0.39, 0.29) is 11.2 Å². The fourth-order valence-electron chi connectivity index (χ4n) is 1.82. The first-order valence-corrected chi connectivity index (χ1v) is 6.26. The van der Waals surface area contributed by atoms with Gasteiger partial charge in [0.1, 0.15) is 0 Å². The maximum absolute atomic E-state index is 11.5. The van der Waals surface area contributed by atoms with Gasteiger partial charge in [-0.1, -0.05) is 18.2 Å². The van der Waals surface area contributed by atoms with Crippen LogP contribution in [0.2, 0.25) is 0 Å². The lowest BCUT2D eigenvalue weighted by atomic mass is 10.3. The van der Waals surface area contributed by atoms with Gasteiger partial charge in [0.25, 0.3) is 5.56 Å². The van der Waals surface area contributed by atoms with Gasteiger partial charge in [-0.3, -0.25) is 9.78 Å². The molecule has 0 atom stereocenters. The number of rotatable bonds is 5. The molecule has 0 bridgehead atoms. The molecule has 100 valence electrons. The van der Waals surface area contributed by atoms with Gasteiger partial charge in [-0.05, 0) is 25.5 Å². The van der Waals surface area contributed by atoms with Crippen molar-refractivity contribution in [3.63, 3.8) is 0 Å². The first-order valence-electron chi connectivity index (χ1n) is 6.26. The number of hydrogen-bond donors (Lipinski definition) is 2. The van der Waals surface area contributed by atoms with Crippen molar-refractivity contribution < 1.29 is 0 Å². The molecule has 0 fully saturated rings. The minimum absolute atomic E-state index is 0.316. The maximum atomic E-state index is 11.5. The van der Waals surface area contributed by atoms with Crippen LogP contribution >= 0.6 is 0 Å². The molecule has 5 heteroatoms. The second-order valence-electron chi connectivity index (χ2n) is 4.41. The Bertz CT molecular complexity index is 644. The second-order valence-corrected chi connectivity index (χ2v) is 4.41. The summed E-state index contributed by atoms with van der Waals surface area (Å²) >= 11 is 0. The summed E-state index contributed by atoms with van der Waals surface area (Å²) in [5.41, 5.74) is 0.946. The summed E-state index contributed by atoms with van der Waals surface area (Å²) in [5, 5.41) is 3.27. The molecule has 0 amide bonds. The molecule has 0 aliphatic carbocycles. The number of nitrogens with zero attached hydrogens (tertiary/aromatic N) is 1. The Morgan fingerprint density at radius 2 is 1.95 bits per heavy atom. The molecule has 0 aliphatic heterocycles. The number of para-hydroxylation sites is 1. The monoisotopic (exact) mass is 259 g/mol. The molecule has 19 heavy (non-hydrogen) atoms. The molecule has 0 aliphatic rings. The van der Waals surface area contributed by atoms with Gasteiger partial charge in [0, 0.05) is 30.5 Å². The predicted octanol–water partition coefficient (Wildman–Crippen LogP) is 1.35. The Morgan fingerprint density at radius 1 is 1.21 bits per heavy atom.